The lowest BCUT2D eigenvalue weighted by molar-refractivity contribution is 0.355. The van der Waals surface area contributed by atoms with E-state index in [1.165, 1.54) is 16.7 Å². The van der Waals surface area contributed by atoms with E-state index in [1.54, 1.807) is 14.2 Å². The van der Waals surface area contributed by atoms with Crippen molar-refractivity contribution in [1.82, 2.24) is 0 Å². The molecular weight excluding hydrogens is 262 g/mol. The minimum atomic E-state index is 0.444. The average Bonchev–Trinajstić information content (AvgIpc) is 2.91. The molecule has 0 saturated carbocycles. The maximum atomic E-state index is 5.39. The van der Waals surface area contributed by atoms with Gasteiger partial charge in [0.05, 0.1) is 14.2 Å². The molecule has 0 saturated heterocycles. The number of anilines is 1. The molecule has 21 heavy (non-hydrogen) atoms. The molecule has 110 valence electrons. The Morgan fingerprint density at radius 2 is 1.52 bits per heavy atom. The number of fused-ring (bicyclic) bond motifs is 1. The van der Waals surface area contributed by atoms with Gasteiger partial charge < -0.3 is 14.8 Å². The minimum Gasteiger partial charge on any atom is -0.493 e. The molecule has 0 heterocycles. The summed E-state index contributed by atoms with van der Waals surface area (Å²) in [6.45, 7) is 2.09. The summed E-state index contributed by atoms with van der Waals surface area (Å²) in [5, 5.41) is 3.65. The molecule has 0 aromatic heterocycles. The molecular formula is C18H21NO2. The average molecular weight is 283 g/mol. The molecule has 0 amide bonds. The van der Waals surface area contributed by atoms with Gasteiger partial charge in [-0.2, -0.15) is 0 Å². The number of hydrogen-bond donors (Lipinski definition) is 1. The fraction of sp³-hybridized carbons (Fsp3) is 0.333. The van der Waals surface area contributed by atoms with Crippen LogP contribution in [0.5, 0.6) is 11.5 Å². The van der Waals surface area contributed by atoms with Gasteiger partial charge in [-0.05, 0) is 42.5 Å². The Morgan fingerprint density at radius 1 is 0.952 bits per heavy atom. The van der Waals surface area contributed by atoms with Gasteiger partial charge in [-0.25, -0.2) is 0 Å². The highest BCUT2D eigenvalue weighted by Gasteiger charge is 2.21. The number of methoxy groups -OCH3 is 2. The maximum Gasteiger partial charge on any atom is 0.162 e. The normalized spacial score (nSPS) is 13.9. The third-order valence-corrected chi connectivity index (χ3v) is 4.14. The van der Waals surface area contributed by atoms with E-state index in [1.807, 2.05) is 12.1 Å². The minimum absolute atomic E-state index is 0.444. The molecule has 3 heteroatoms. The number of benzene rings is 2. The lowest BCUT2D eigenvalue weighted by Crippen LogP contribution is -2.20. The van der Waals surface area contributed by atoms with Crippen molar-refractivity contribution in [3.8, 4) is 11.5 Å². The van der Waals surface area contributed by atoms with Gasteiger partial charge in [0.25, 0.3) is 0 Å². The fourth-order valence-electron chi connectivity index (χ4n) is 3.02. The maximum absolute atomic E-state index is 5.39. The predicted molar refractivity (Wildman–Crippen MR) is 85.5 cm³/mol. The number of aryl methyl sites for hydroxylation is 1. The summed E-state index contributed by atoms with van der Waals surface area (Å²) in [5.74, 6) is 1.54. The largest absolute Gasteiger partial charge is 0.493 e. The fourth-order valence-corrected chi connectivity index (χ4v) is 3.02. The second kappa shape index (κ2) is 5.68. The topological polar surface area (TPSA) is 30.5 Å². The van der Waals surface area contributed by atoms with Gasteiger partial charge in [0.15, 0.2) is 11.5 Å². The number of hydrogen-bond acceptors (Lipinski definition) is 3. The van der Waals surface area contributed by atoms with Crippen molar-refractivity contribution in [2.24, 2.45) is 0 Å². The molecule has 1 N–H and O–H groups in total. The molecule has 0 atom stereocenters. The first-order valence-corrected chi connectivity index (χ1v) is 7.27. The summed E-state index contributed by atoms with van der Waals surface area (Å²) >= 11 is 0. The summed E-state index contributed by atoms with van der Waals surface area (Å²) in [5.41, 5.74) is 5.19. The van der Waals surface area contributed by atoms with E-state index in [2.05, 4.69) is 36.5 Å². The first kappa shape index (κ1) is 13.8. The zero-order valence-corrected chi connectivity index (χ0v) is 12.8. The highest BCUT2D eigenvalue weighted by molar-refractivity contribution is 5.61. The first-order valence-electron chi connectivity index (χ1n) is 7.27. The second-order valence-corrected chi connectivity index (χ2v) is 5.54. The molecule has 1 aliphatic carbocycles. The number of nitrogens with one attached hydrogen (secondary N) is 1. The summed E-state index contributed by atoms with van der Waals surface area (Å²) in [6.07, 6.45) is 2.15. The van der Waals surface area contributed by atoms with Crippen LogP contribution < -0.4 is 14.8 Å². The monoisotopic (exact) mass is 283 g/mol. The molecule has 0 radical (unpaired) electrons. The van der Waals surface area contributed by atoms with E-state index in [0.717, 1.165) is 30.0 Å². The van der Waals surface area contributed by atoms with Crippen LogP contribution in [0.25, 0.3) is 0 Å². The molecule has 1 aliphatic rings. The van der Waals surface area contributed by atoms with E-state index in [4.69, 9.17) is 9.47 Å². The lowest BCUT2D eigenvalue weighted by Gasteiger charge is -2.18. The van der Waals surface area contributed by atoms with Crippen LogP contribution >= 0.6 is 0 Å². The first-order chi connectivity index (χ1) is 10.2. The lowest BCUT2D eigenvalue weighted by atomic mass is 10.1. The van der Waals surface area contributed by atoms with Crippen molar-refractivity contribution < 1.29 is 9.47 Å². The summed E-state index contributed by atoms with van der Waals surface area (Å²) < 4.78 is 10.7. The van der Waals surface area contributed by atoms with Crippen molar-refractivity contribution >= 4 is 5.69 Å². The molecule has 2 aromatic rings. The molecule has 0 bridgehead atoms. The molecule has 0 unspecified atom stereocenters. The third-order valence-electron chi connectivity index (χ3n) is 4.14. The van der Waals surface area contributed by atoms with Crippen LogP contribution in [0.15, 0.2) is 36.4 Å². The quantitative estimate of drug-likeness (QED) is 0.930. The molecule has 0 aliphatic heterocycles. The van der Waals surface area contributed by atoms with Gasteiger partial charge in [-0.3, -0.25) is 0 Å². The smallest absolute Gasteiger partial charge is 0.162 e. The van der Waals surface area contributed by atoms with Gasteiger partial charge in [0.1, 0.15) is 0 Å². The van der Waals surface area contributed by atoms with Crippen LogP contribution in [0.3, 0.4) is 0 Å². The van der Waals surface area contributed by atoms with Gasteiger partial charge in [0, 0.05) is 17.8 Å². The van der Waals surface area contributed by atoms with Gasteiger partial charge >= 0.3 is 0 Å². The summed E-state index contributed by atoms with van der Waals surface area (Å²) in [7, 11) is 3.33. The summed E-state index contributed by atoms with van der Waals surface area (Å²) in [6, 6.07) is 13.2. The second-order valence-electron chi connectivity index (χ2n) is 5.54. The highest BCUT2D eigenvalue weighted by Crippen LogP contribution is 2.34. The Hall–Kier alpha value is -2.16. The zero-order chi connectivity index (χ0) is 14.8. The van der Waals surface area contributed by atoms with Crippen LogP contribution in [0, 0.1) is 6.92 Å². The van der Waals surface area contributed by atoms with Crippen LogP contribution in [0.4, 0.5) is 5.69 Å². The van der Waals surface area contributed by atoms with Crippen LogP contribution in [-0.2, 0) is 12.8 Å². The van der Waals surface area contributed by atoms with Crippen LogP contribution in [-0.4, -0.2) is 20.3 Å². The van der Waals surface area contributed by atoms with Crippen LogP contribution in [0.1, 0.15) is 16.7 Å². The SMILES string of the molecule is COc1cc(C)c(NC2Cc3ccccc3C2)cc1OC. The van der Waals surface area contributed by atoms with Crippen molar-refractivity contribution in [2.45, 2.75) is 25.8 Å². The molecule has 0 fully saturated rings. The van der Waals surface area contributed by atoms with Crippen LogP contribution in [0.2, 0.25) is 0 Å². The zero-order valence-electron chi connectivity index (χ0n) is 12.8. The van der Waals surface area contributed by atoms with E-state index in [-0.39, 0.29) is 0 Å². The molecule has 0 spiro atoms. The van der Waals surface area contributed by atoms with Crippen molar-refractivity contribution in [3.63, 3.8) is 0 Å². The van der Waals surface area contributed by atoms with Crippen molar-refractivity contribution in [2.75, 3.05) is 19.5 Å². The Morgan fingerprint density at radius 3 is 2.10 bits per heavy atom. The molecule has 3 nitrogen and oxygen atoms in total. The number of rotatable bonds is 4. The third kappa shape index (κ3) is 2.68. The Bertz CT molecular complexity index is 627. The van der Waals surface area contributed by atoms with E-state index < -0.39 is 0 Å². The van der Waals surface area contributed by atoms with E-state index in [0.29, 0.717) is 6.04 Å². The number of ether oxygens (including phenoxy) is 2. The highest BCUT2D eigenvalue weighted by atomic mass is 16.5. The standard InChI is InChI=1S/C18H21NO2/c1-12-8-17(20-2)18(21-3)11-16(12)19-15-9-13-6-4-5-7-14(13)10-15/h4-8,11,15,19H,9-10H2,1-3H3. The Balaban J connectivity index is 1.80. The molecule has 2 aromatic carbocycles. The van der Waals surface area contributed by atoms with Gasteiger partial charge in [-0.1, -0.05) is 24.3 Å². The van der Waals surface area contributed by atoms with Crippen molar-refractivity contribution in [1.29, 1.82) is 0 Å². The summed E-state index contributed by atoms with van der Waals surface area (Å²) in [4.78, 5) is 0. The van der Waals surface area contributed by atoms with E-state index >= 15 is 0 Å². The van der Waals surface area contributed by atoms with Crippen molar-refractivity contribution in [3.05, 3.63) is 53.1 Å². The Labute approximate surface area is 125 Å². The van der Waals surface area contributed by atoms with Gasteiger partial charge in [0.2, 0.25) is 0 Å². The predicted octanol–water partition coefficient (Wildman–Crippen LogP) is 3.59. The molecule has 3 rings (SSSR count). The Kier molecular flexibility index (Phi) is 3.74. The van der Waals surface area contributed by atoms with Gasteiger partial charge in [-0.15, -0.1) is 0 Å². The van der Waals surface area contributed by atoms with E-state index in [9.17, 15) is 0 Å².